The third-order valence-corrected chi connectivity index (χ3v) is 3.73. The highest BCUT2D eigenvalue weighted by Gasteiger charge is 2.16. The summed E-state index contributed by atoms with van der Waals surface area (Å²) in [6.07, 6.45) is 1.42. The van der Waals surface area contributed by atoms with Crippen molar-refractivity contribution < 1.29 is 24.0 Å². The van der Waals surface area contributed by atoms with Crippen LogP contribution in [0, 0.1) is 0 Å². The molecule has 2 aromatic rings. The second-order valence-electron chi connectivity index (χ2n) is 4.97. The first-order chi connectivity index (χ1) is 11.0. The molecule has 0 spiro atoms. The van der Waals surface area contributed by atoms with Crippen molar-refractivity contribution in [2.45, 2.75) is 6.61 Å². The van der Waals surface area contributed by atoms with Gasteiger partial charge < -0.3 is 14.4 Å². The molecule has 0 aromatic heterocycles. The van der Waals surface area contributed by atoms with Gasteiger partial charge in [-0.1, -0.05) is 30.3 Å². The Hall–Kier alpha value is -2.31. The maximum absolute atomic E-state index is 12.0. The van der Waals surface area contributed by atoms with E-state index in [9.17, 15) is 14.1 Å². The zero-order chi connectivity index (χ0) is 16.8. The van der Waals surface area contributed by atoms with Crippen molar-refractivity contribution in [2.24, 2.45) is 0 Å². The molecule has 120 valence electrons. The van der Waals surface area contributed by atoms with Crippen LogP contribution in [0.4, 0.5) is 0 Å². The summed E-state index contributed by atoms with van der Waals surface area (Å²) in [5, 5.41) is 9.16. The standard InChI is InChI=1S/C17H16O5S/c1-23(21)11-16(18)13-7-14(17(19)20)9-15(8-13)22-10-12-5-3-2-4-6-12/h2-9H,10-11H2,1H3,(H,19,20). The predicted molar refractivity (Wildman–Crippen MR) is 87.4 cm³/mol. The summed E-state index contributed by atoms with van der Waals surface area (Å²) in [4.78, 5) is 23.2. The number of hydrogen-bond donors (Lipinski definition) is 1. The molecule has 23 heavy (non-hydrogen) atoms. The lowest BCUT2D eigenvalue weighted by Gasteiger charge is -2.10. The highest BCUT2D eigenvalue weighted by atomic mass is 32.2. The number of Topliss-reactive ketones (excluding diaryl/α,β-unsaturated/α-hetero) is 1. The van der Waals surface area contributed by atoms with Gasteiger partial charge in [0.05, 0.1) is 11.8 Å². The van der Waals surface area contributed by atoms with E-state index >= 15 is 0 Å². The molecule has 2 aromatic carbocycles. The van der Waals surface area contributed by atoms with Crippen LogP contribution in [-0.4, -0.2) is 33.4 Å². The Balaban J connectivity index is 2.22. The molecular formula is C17H16O5S. The molecular weight excluding hydrogens is 316 g/mol. The Morgan fingerprint density at radius 1 is 1.13 bits per heavy atom. The van der Waals surface area contributed by atoms with Crippen LogP contribution < -0.4 is 4.74 Å². The summed E-state index contributed by atoms with van der Waals surface area (Å²) in [5.41, 5.74) is 1.07. The lowest BCUT2D eigenvalue weighted by molar-refractivity contribution is 0.0696. The Bertz CT molecular complexity index is 697. The van der Waals surface area contributed by atoms with E-state index in [2.05, 4.69) is 0 Å². The maximum atomic E-state index is 12.0. The highest BCUT2D eigenvalue weighted by molar-refractivity contribution is 7.91. The third kappa shape index (κ3) is 5.12. The number of carbonyl (C=O) groups excluding carboxylic acids is 1. The fourth-order valence-electron chi connectivity index (χ4n) is 1.98. The van der Waals surface area contributed by atoms with Crippen molar-refractivity contribution in [3.8, 4) is 5.75 Å². The molecule has 0 saturated heterocycles. The highest BCUT2D eigenvalue weighted by Crippen LogP contribution is 2.20. The average molecular weight is 332 g/mol. The van der Waals surface area contributed by atoms with Gasteiger partial charge in [-0.25, -0.2) is 4.79 Å². The van der Waals surface area contributed by atoms with Crippen LogP contribution in [0.25, 0.3) is 0 Å². The minimum absolute atomic E-state index is 0.0409. The van der Waals surface area contributed by atoms with Gasteiger partial charge in [-0.05, 0) is 34.9 Å². The normalized spacial score (nSPS) is 11.7. The summed E-state index contributed by atoms with van der Waals surface area (Å²) >= 11 is -1.29. The van der Waals surface area contributed by atoms with E-state index in [-0.39, 0.29) is 29.3 Å². The number of benzene rings is 2. The molecule has 6 heteroatoms. The maximum Gasteiger partial charge on any atom is 0.335 e. The third-order valence-electron chi connectivity index (χ3n) is 3.06. The van der Waals surface area contributed by atoms with Crippen molar-refractivity contribution in [3.05, 3.63) is 65.2 Å². The molecule has 2 rings (SSSR count). The molecule has 0 bridgehead atoms. The first-order valence-corrected chi connectivity index (χ1v) is 8.57. The van der Waals surface area contributed by atoms with Crippen LogP contribution in [0.15, 0.2) is 48.5 Å². The summed E-state index contributed by atoms with van der Waals surface area (Å²) in [6.45, 7) is 0.261. The number of carboxylic acid groups (broad SMARTS) is 1. The second kappa shape index (κ2) is 7.80. The molecule has 0 aliphatic carbocycles. The Morgan fingerprint density at radius 3 is 2.39 bits per heavy atom. The second-order valence-corrected chi connectivity index (χ2v) is 6.40. The number of carbonyl (C=O) groups is 2. The number of aromatic carboxylic acids is 1. The van der Waals surface area contributed by atoms with E-state index in [4.69, 9.17) is 9.84 Å². The number of ketones is 1. The van der Waals surface area contributed by atoms with Crippen LogP contribution in [0.3, 0.4) is 0 Å². The van der Waals surface area contributed by atoms with Crippen LogP contribution in [0.1, 0.15) is 26.3 Å². The van der Waals surface area contributed by atoms with Crippen LogP contribution >= 0.6 is 0 Å². The zero-order valence-corrected chi connectivity index (χ0v) is 13.3. The summed E-state index contributed by atoms with van der Waals surface area (Å²) < 4.78 is 16.8. The van der Waals surface area contributed by atoms with Gasteiger partial charge >= 0.3 is 5.97 Å². The van der Waals surface area contributed by atoms with Gasteiger partial charge in [0.1, 0.15) is 12.4 Å². The first-order valence-electron chi connectivity index (χ1n) is 6.84. The molecule has 0 fully saturated rings. The quantitative estimate of drug-likeness (QED) is 0.622. The van der Waals surface area contributed by atoms with Crippen molar-refractivity contribution in [3.63, 3.8) is 0 Å². The summed E-state index contributed by atoms with van der Waals surface area (Å²) in [7, 11) is 0. The topological polar surface area (TPSA) is 86.7 Å². The lowest BCUT2D eigenvalue weighted by atomic mass is 10.1. The van der Waals surface area contributed by atoms with E-state index < -0.39 is 17.1 Å². The first kappa shape index (κ1) is 17.1. The smallest absolute Gasteiger partial charge is 0.335 e. The molecule has 1 unspecified atom stereocenters. The Kier molecular flexibility index (Phi) is 5.78. The zero-order valence-electron chi connectivity index (χ0n) is 12.5. The molecule has 0 heterocycles. The molecule has 0 saturated carbocycles. The average Bonchev–Trinajstić information content (AvgIpc) is 2.53. The molecule has 0 radical (unpaired) electrons. The minimum atomic E-state index is -1.29. The van der Waals surface area contributed by atoms with E-state index in [0.717, 1.165) is 5.56 Å². The lowest BCUT2D eigenvalue weighted by Crippen LogP contribution is -2.15. The fourth-order valence-corrected chi connectivity index (χ4v) is 2.51. The van der Waals surface area contributed by atoms with Gasteiger partial charge in [0.2, 0.25) is 5.78 Å². The molecule has 0 amide bonds. The predicted octanol–water partition coefficient (Wildman–Crippen LogP) is 2.53. The van der Waals surface area contributed by atoms with Crippen molar-refractivity contribution in [2.75, 3.05) is 12.0 Å². The summed E-state index contributed by atoms with van der Waals surface area (Å²) in [5.74, 6) is -1.39. The molecule has 5 nitrogen and oxygen atoms in total. The molecule has 1 atom stereocenters. The van der Waals surface area contributed by atoms with Gasteiger partial charge in [-0.2, -0.15) is 0 Å². The monoisotopic (exact) mass is 332 g/mol. The molecule has 0 aliphatic heterocycles. The van der Waals surface area contributed by atoms with Gasteiger partial charge in [0.25, 0.3) is 0 Å². The van der Waals surface area contributed by atoms with Gasteiger partial charge in [0, 0.05) is 5.56 Å². The number of ether oxygens (including phenoxy) is 1. The van der Waals surface area contributed by atoms with E-state index in [1.807, 2.05) is 30.3 Å². The molecule has 1 N–H and O–H groups in total. The Labute approximate surface area is 137 Å². The SMILES string of the molecule is C[S+]([O-])CC(=O)c1cc(OCc2ccccc2)cc(C(=O)O)c1. The van der Waals surface area contributed by atoms with Gasteiger partial charge in [-0.15, -0.1) is 0 Å². The van der Waals surface area contributed by atoms with Gasteiger partial charge in [-0.3, -0.25) is 4.79 Å². The largest absolute Gasteiger partial charge is 0.616 e. The Morgan fingerprint density at radius 2 is 1.78 bits per heavy atom. The van der Waals surface area contributed by atoms with E-state index in [0.29, 0.717) is 5.75 Å². The minimum Gasteiger partial charge on any atom is -0.616 e. The fraction of sp³-hybridized carbons (Fsp3) is 0.176. The number of carboxylic acids is 1. The molecule has 0 aliphatic rings. The van der Waals surface area contributed by atoms with E-state index in [1.54, 1.807) is 0 Å². The van der Waals surface area contributed by atoms with Crippen LogP contribution in [0.2, 0.25) is 0 Å². The van der Waals surface area contributed by atoms with Gasteiger partial charge in [0.15, 0.2) is 5.75 Å². The van der Waals surface area contributed by atoms with Crippen molar-refractivity contribution >= 4 is 22.9 Å². The number of hydrogen-bond acceptors (Lipinski definition) is 4. The van der Waals surface area contributed by atoms with Crippen molar-refractivity contribution in [1.29, 1.82) is 0 Å². The van der Waals surface area contributed by atoms with Crippen molar-refractivity contribution in [1.82, 2.24) is 0 Å². The number of rotatable bonds is 7. The van der Waals surface area contributed by atoms with Crippen LogP contribution in [-0.2, 0) is 17.8 Å². The summed E-state index contributed by atoms with van der Waals surface area (Å²) in [6, 6.07) is 13.5. The van der Waals surface area contributed by atoms with E-state index in [1.165, 1.54) is 24.5 Å². The van der Waals surface area contributed by atoms with Crippen LogP contribution in [0.5, 0.6) is 5.75 Å².